The van der Waals surface area contributed by atoms with E-state index in [1.54, 1.807) is 30.0 Å². The third-order valence-corrected chi connectivity index (χ3v) is 7.20. The molecule has 0 aromatic heterocycles. The first-order valence-corrected chi connectivity index (χ1v) is 13.4. The number of piperazine rings is 1. The number of likely N-dealkylation sites (N-methyl/N-ethyl adjacent to an activating group) is 1. The Morgan fingerprint density at radius 3 is 2.49 bits per heavy atom. The van der Waals surface area contributed by atoms with Gasteiger partial charge in [0.2, 0.25) is 0 Å². The highest BCUT2D eigenvalue weighted by Crippen LogP contribution is 2.38. The number of hydrogen-bond acceptors (Lipinski definition) is 5. The average molecular weight is 555 g/mol. The van der Waals surface area contributed by atoms with E-state index >= 15 is 0 Å². The molecule has 204 valence electrons. The summed E-state index contributed by atoms with van der Waals surface area (Å²) in [5.74, 6) is -0.520. The third-order valence-electron chi connectivity index (χ3n) is 6.37. The summed E-state index contributed by atoms with van der Waals surface area (Å²) in [6, 6.07) is 3.82. The lowest BCUT2D eigenvalue weighted by Crippen LogP contribution is -2.59. The molecule has 2 atom stereocenters. The molecule has 37 heavy (non-hydrogen) atoms. The molecule has 1 aromatic rings. The first-order chi connectivity index (χ1) is 17.4. The summed E-state index contributed by atoms with van der Waals surface area (Å²) >= 11 is 12.8. The van der Waals surface area contributed by atoms with Gasteiger partial charge in [-0.3, -0.25) is 9.80 Å². The van der Waals surface area contributed by atoms with Gasteiger partial charge in [0.1, 0.15) is 0 Å². The van der Waals surface area contributed by atoms with Gasteiger partial charge in [-0.15, -0.1) is 0 Å². The van der Waals surface area contributed by atoms with Crippen LogP contribution < -0.4 is 10.6 Å². The molecule has 11 heteroatoms. The number of esters is 1. The van der Waals surface area contributed by atoms with Gasteiger partial charge in [0, 0.05) is 50.0 Å². The van der Waals surface area contributed by atoms with Crippen molar-refractivity contribution in [1.82, 2.24) is 25.3 Å². The number of hydrogen-bond donors (Lipinski definition) is 2. The number of urea groups is 2. The Hall–Kier alpha value is -2.49. The molecule has 1 fully saturated rings. The van der Waals surface area contributed by atoms with Crippen LogP contribution in [0.2, 0.25) is 10.0 Å². The number of halogens is 2. The Balaban J connectivity index is 1.97. The molecule has 2 N–H and O–H groups in total. The van der Waals surface area contributed by atoms with E-state index < -0.39 is 12.0 Å². The lowest BCUT2D eigenvalue weighted by molar-refractivity contribution is -0.139. The smallest absolute Gasteiger partial charge is 0.338 e. The molecule has 2 heterocycles. The molecular formula is C26H37Cl2N5O4. The molecule has 9 nitrogen and oxygen atoms in total. The maximum absolute atomic E-state index is 13.3. The van der Waals surface area contributed by atoms with Crippen LogP contribution in [0.3, 0.4) is 0 Å². The van der Waals surface area contributed by atoms with E-state index in [1.165, 1.54) is 0 Å². The van der Waals surface area contributed by atoms with Crippen molar-refractivity contribution in [3.63, 3.8) is 0 Å². The summed E-state index contributed by atoms with van der Waals surface area (Å²) in [6.07, 6.45) is 0. The number of ether oxygens (including phenoxy) is 1. The molecule has 2 aliphatic heterocycles. The second-order valence-corrected chi connectivity index (χ2v) is 11.1. The number of carbonyl (C=O) groups excluding carboxylic acids is 3. The highest BCUT2D eigenvalue weighted by atomic mass is 35.5. The lowest BCUT2D eigenvalue weighted by atomic mass is 9.94. The number of nitrogens with zero attached hydrogens (tertiary/aromatic N) is 3. The predicted molar refractivity (Wildman–Crippen MR) is 145 cm³/mol. The van der Waals surface area contributed by atoms with Crippen LogP contribution in [-0.2, 0) is 9.53 Å². The first-order valence-electron chi connectivity index (χ1n) is 12.6. The minimum Gasteiger partial charge on any atom is -0.463 e. The molecule has 0 saturated carbocycles. The molecule has 3 rings (SSSR count). The van der Waals surface area contributed by atoms with E-state index in [4.69, 9.17) is 27.9 Å². The fourth-order valence-electron chi connectivity index (χ4n) is 4.72. The fourth-order valence-corrected chi connectivity index (χ4v) is 5.13. The molecule has 1 aromatic carbocycles. The van der Waals surface area contributed by atoms with Crippen LogP contribution in [0, 0.1) is 0 Å². The summed E-state index contributed by atoms with van der Waals surface area (Å²) in [6.45, 7) is 14.0. The SMILES string of the molecule is CCOC(=O)C1=C(CN2CCN(C(=O)NC(C)(C)C)[C@H](C)C2)N(CC)C(=O)N[C@@H]1c1cccc(Cl)c1Cl. The summed E-state index contributed by atoms with van der Waals surface area (Å²) in [5.41, 5.74) is 1.08. The molecule has 0 aliphatic carbocycles. The summed E-state index contributed by atoms with van der Waals surface area (Å²) in [5, 5.41) is 6.54. The normalized spacial score (nSPS) is 21.1. The molecule has 0 unspecified atom stereocenters. The quantitative estimate of drug-likeness (QED) is 0.509. The molecule has 1 saturated heterocycles. The average Bonchev–Trinajstić information content (AvgIpc) is 2.79. The van der Waals surface area contributed by atoms with E-state index in [1.807, 2.05) is 39.5 Å². The van der Waals surface area contributed by atoms with Gasteiger partial charge in [-0.25, -0.2) is 14.4 Å². The summed E-state index contributed by atoms with van der Waals surface area (Å²) in [4.78, 5) is 44.8. The van der Waals surface area contributed by atoms with Crippen LogP contribution in [0.1, 0.15) is 53.1 Å². The van der Waals surface area contributed by atoms with Gasteiger partial charge in [0.05, 0.1) is 28.3 Å². The van der Waals surface area contributed by atoms with E-state index in [9.17, 15) is 14.4 Å². The van der Waals surface area contributed by atoms with Crippen LogP contribution in [0.4, 0.5) is 9.59 Å². The number of nitrogens with one attached hydrogen (secondary N) is 2. The van der Waals surface area contributed by atoms with Gasteiger partial charge in [-0.05, 0) is 53.2 Å². The summed E-state index contributed by atoms with van der Waals surface area (Å²) < 4.78 is 5.44. The highest BCUT2D eigenvalue weighted by Gasteiger charge is 2.40. The van der Waals surface area contributed by atoms with Crippen molar-refractivity contribution in [2.24, 2.45) is 0 Å². The van der Waals surface area contributed by atoms with Gasteiger partial charge in [0.25, 0.3) is 0 Å². The Morgan fingerprint density at radius 1 is 1.19 bits per heavy atom. The third kappa shape index (κ3) is 6.69. The Kier molecular flexibility index (Phi) is 9.37. The van der Waals surface area contributed by atoms with Crippen LogP contribution in [0.15, 0.2) is 29.5 Å². The van der Waals surface area contributed by atoms with Gasteiger partial charge < -0.3 is 20.3 Å². The standard InChI is InChI=1S/C26H37Cl2N5O4/c1-7-32-19(15-31-12-13-33(16(3)14-31)25(36)30-26(4,5)6)20(23(34)37-8-2)22(29-24(32)35)17-10-9-11-18(27)21(17)28/h9-11,16,22H,7-8,12-15H2,1-6H3,(H,29,35)(H,30,36)/t16-,22-/m1/s1. The van der Waals surface area contributed by atoms with E-state index in [-0.39, 0.29) is 35.3 Å². The summed E-state index contributed by atoms with van der Waals surface area (Å²) in [7, 11) is 0. The monoisotopic (exact) mass is 553 g/mol. The zero-order valence-electron chi connectivity index (χ0n) is 22.4. The maximum Gasteiger partial charge on any atom is 0.338 e. The molecule has 0 bridgehead atoms. The van der Waals surface area contributed by atoms with Crippen LogP contribution in [0.25, 0.3) is 0 Å². The van der Waals surface area contributed by atoms with E-state index in [0.717, 1.165) is 0 Å². The Morgan fingerprint density at radius 2 is 1.89 bits per heavy atom. The Labute approximate surface area is 229 Å². The molecule has 0 radical (unpaired) electrons. The second kappa shape index (κ2) is 11.9. The van der Waals surface area contributed by atoms with E-state index in [2.05, 4.69) is 15.5 Å². The van der Waals surface area contributed by atoms with Crippen molar-refractivity contribution in [3.8, 4) is 0 Å². The second-order valence-electron chi connectivity index (χ2n) is 10.3. The van der Waals surface area contributed by atoms with E-state index in [0.29, 0.717) is 54.6 Å². The molecule has 0 spiro atoms. The van der Waals surface area contributed by atoms with Crippen molar-refractivity contribution in [1.29, 1.82) is 0 Å². The minimum absolute atomic E-state index is 0.0617. The lowest BCUT2D eigenvalue weighted by Gasteiger charge is -2.43. The number of rotatable bonds is 6. The topological polar surface area (TPSA) is 94.2 Å². The largest absolute Gasteiger partial charge is 0.463 e. The van der Waals surface area contributed by atoms with Gasteiger partial charge >= 0.3 is 18.0 Å². The Bertz CT molecular complexity index is 1070. The zero-order valence-corrected chi connectivity index (χ0v) is 23.9. The maximum atomic E-state index is 13.3. The molecular weight excluding hydrogens is 517 g/mol. The minimum atomic E-state index is -0.813. The fraction of sp³-hybridized carbons (Fsp3) is 0.577. The number of carbonyl (C=O) groups is 3. The van der Waals surface area contributed by atoms with Crippen molar-refractivity contribution < 1.29 is 19.1 Å². The van der Waals surface area contributed by atoms with Crippen LogP contribution in [0.5, 0.6) is 0 Å². The zero-order chi connectivity index (χ0) is 27.5. The van der Waals surface area contributed by atoms with Gasteiger partial charge in [0.15, 0.2) is 0 Å². The highest BCUT2D eigenvalue weighted by molar-refractivity contribution is 6.42. The van der Waals surface area contributed by atoms with Crippen molar-refractivity contribution in [2.75, 3.05) is 39.3 Å². The molecule has 2 aliphatic rings. The number of amides is 4. The first kappa shape index (κ1) is 29.1. The van der Waals surface area contributed by atoms with Crippen LogP contribution in [-0.4, -0.2) is 83.6 Å². The predicted octanol–water partition coefficient (Wildman–Crippen LogP) is 4.41. The van der Waals surface area contributed by atoms with Crippen molar-refractivity contribution >= 4 is 41.2 Å². The van der Waals surface area contributed by atoms with Gasteiger partial charge in [-0.2, -0.15) is 0 Å². The number of benzene rings is 1. The van der Waals surface area contributed by atoms with Crippen molar-refractivity contribution in [3.05, 3.63) is 45.1 Å². The van der Waals surface area contributed by atoms with Crippen molar-refractivity contribution in [2.45, 2.75) is 59.2 Å². The van der Waals surface area contributed by atoms with Gasteiger partial charge in [-0.1, -0.05) is 35.3 Å². The molecule has 4 amide bonds. The van der Waals surface area contributed by atoms with Crippen LogP contribution >= 0.6 is 23.2 Å².